The van der Waals surface area contributed by atoms with Crippen molar-refractivity contribution in [2.24, 2.45) is 5.41 Å². The summed E-state index contributed by atoms with van der Waals surface area (Å²) in [4.78, 5) is 13.5. The van der Waals surface area contributed by atoms with E-state index in [1.165, 1.54) is 0 Å². The molecule has 4 heteroatoms. The first kappa shape index (κ1) is 12.9. The van der Waals surface area contributed by atoms with Gasteiger partial charge in [0.05, 0.1) is 6.61 Å². The van der Waals surface area contributed by atoms with Crippen LogP contribution in [0.3, 0.4) is 0 Å². The number of hydrogen-bond acceptors (Lipinski definition) is 3. The van der Waals surface area contributed by atoms with E-state index in [-0.39, 0.29) is 18.1 Å². The molecule has 1 atom stereocenters. The van der Waals surface area contributed by atoms with E-state index in [4.69, 9.17) is 4.74 Å². The minimum atomic E-state index is -0.295. The standard InChI is InChI=1S/C14H19NO3/c1-14(11-16)7-8-15(10-14)13(17)18-9-12-5-3-2-4-6-12/h2-6,16H,7-11H2,1H3. The number of hydrogen-bond donors (Lipinski definition) is 1. The molecule has 1 N–H and O–H groups in total. The Kier molecular flexibility index (Phi) is 3.87. The smallest absolute Gasteiger partial charge is 0.410 e. The Hall–Kier alpha value is -1.55. The number of benzene rings is 1. The van der Waals surface area contributed by atoms with Gasteiger partial charge in [-0.1, -0.05) is 37.3 Å². The fraction of sp³-hybridized carbons (Fsp3) is 0.500. The number of amides is 1. The molecule has 0 radical (unpaired) electrons. The van der Waals surface area contributed by atoms with Gasteiger partial charge in [0.2, 0.25) is 0 Å². The van der Waals surface area contributed by atoms with E-state index in [0.717, 1.165) is 12.0 Å². The number of rotatable bonds is 3. The molecule has 1 amide bonds. The second-order valence-electron chi connectivity index (χ2n) is 5.18. The highest BCUT2D eigenvalue weighted by atomic mass is 16.6. The van der Waals surface area contributed by atoms with Crippen LogP contribution in [0, 0.1) is 5.41 Å². The van der Waals surface area contributed by atoms with Crippen molar-refractivity contribution in [3.05, 3.63) is 35.9 Å². The minimum Gasteiger partial charge on any atom is -0.445 e. The highest BCUT2D eigenvalue weighted by molar-refractivity contribution is 5.68. The number of carbonyl (C=O) groups excluding carboxylic acids is 1. The molecule has 1 heterocycles. The molecule has 0 bridgehead atoms. The second kappa shape index (κ2) is 5.40. The predicted octanol–water partition coefficient (Wildman–Crippen LogP) is 2.03. The Morgan fingerprint density at radius 2 is 2.17 bits per heavy atom. The average molecular weight is 249 g/mol. The molecule has 1 aromatic carbocycles. The molecule has 1 saturated heterocycles. The quantitative estimate of drug-likeness (QED) is 0.891. The van der Waals surface area contributed by atoms with Crippen molar-refractivity contribution in [3.63, 3.8) is 0 Å². The molecule has 1 aromatic rings. The molecule has 1 fully saturated rings. The van der Waals surface area contributed by atoms with E-state index in [0.29, 0.717) is 19.7 Å². The summed E-state index contributed by atoms with van der Waals surface area (Å²) in [5.74, 6) is 0. The lowest BCUT2D eigenvalue weighted by atomic mass is 9.91. The van der Waals surface area contributed by atoms with Crippen molar-refractivity contribution in [3.8, 4) is 0 Å². The molecule has 2 rings (SSSR count). The lowest BCUT2D eigenvalue weighted by Gasteiger charge is -2.21. The number of ether oxygens (including phenoxy) is 1. The topological polar surface area (TPSA) is 49.8 Å². The molecule has 1 aliphatic heterocycles. The molecular weight excluding hydrogens is 230 g/mol. The summed E-state index contributed by atoms with van der Waals surface area (Å²) in [6.07, 6.45) is 0.528. The van der Waals surface area contributed by atoms with Gasteiger partial charge in [-0.25, -0.2) is 4.79 Å². The van der Waals surface area contributed by atoms with Gasteiger partial charge < -0.3 is 14.7 Å². The molecule has 98 valence electrons. The summed E-state index contributed by atoms with van der Waals surface area (Å²) in [5.41, 5.74) is 0.807. The Balaban J connectivity index is 1.83. The van der Waals surface area contributed by atoms with Crippen molar-refractivity contribution in [2.45, 2.75) is 20.0 Å². The summed E-state index contributed by atoms with van der Waals surface area (Å²) >= 11 is 0. The van der Waals surface area contributed by atoms with Crippen LogP contribution < -0.4 is 0 Å². The minimum absolute atomic E-state index is 0.107. The Morgan fingerprint density at radius 3 is 2.78 bits per heavy atom. The van der Waals surface area contributed by atoms with Crippen LogP contribution in [0.4, 0.5) is 4.79 Å². The fourth-order valence-corrected chi connectivity index (χ4v) is 2.12. The van der Waals surface area contributed by atoms with Crippen molar-refractivity contribution in [1.82, 2.24) is 4.90 Å². The molecule has 1 unspecified atom stereocenters. The summed E-state index contributed by atoms with van der Waals surface area (Å²) in [6, 6.07) is 9.62. The zero-order valence-corrected chi connectivity index (χ0v) is 10.6. The normalized spacial score (nSPS) is 23.1. The van der Waals surface area contributed by atoms with Crippen LogP contribution in [0.15, 0.2) is 30.3 Å². The average Bonchev–Trinajstić information content (AvgIpc) is 2.81. The number of nitrogens with zero attached hydrogens (tertiary/aromatic N) is 1. The van der Waals surface area contributed by atoms with E-state index in [2.05, 4.69) is 0 Å². The van der Waals surface area contributed by atoms with E-state index in [9.17, 15) is 9.90 Å². The molecular formula is C14H19NO3. The van der Waals surface area contributed by atoms with Gasteiger partial charge in [0.25, 0.3) is 0 Å². The van der Waals surface area contributed by atoms with Gasteiger partial charge in [-0.3, -0.25) is 0 Å². The summed E-state index contributed by atoms with van der Waals surface area (Å²) in [6.45, 7) is 3.61. The van der Waals surface area contributed by atoms with Crippen molar-refractivity contribution in [2.75, 3.05) is 19.7 Å². The predicted molar refractivity (Wildman–Crippen MR) is 68.0 cm³/mol. The van der Waals surface area contributed by atoms with Crippen molar-refractivity contribution >= 4 is 6.09 Å². The van der Waals surface area contributed by atoms with Crippen LogP contribution in [0.1, 0.15) is 18.9 Å². The fourth-order valence-electron chi connectivity index (χ4n) is 2.12. The number of likely N-dealkylation sites (tertiary alicyclic amines) is 1. The van der Waals surface area contributed by atoms with Gasteiger partial charge in [0, 0.05) is 18.5 Å². The van der Waals surface area contributed by atoms with Gasteiger partial charge in [0.1, 0.15) is 6.61 Å². The lowest BCUT2D eigenvalue weighted by molar-refractivity contribution is 0.0936. The zero-order valence-electron chi connectivity index (χ0n) is 10.6. The van der Waals surface area contributed by atoms with E-state index >= 15 is 0 Å². The van der Waals surface area contributed by atoms with Crippen molar-refractivity contribution < 1.29 is 14.6 Å². The molecule has 1 aliphatic rings. The molecule has 0 aliphatic carbocycles. The van der Waals surface area contributed by atoms with Crippen molar-refractivity contribution in [1.29, 1.82) is 0 Å². The van der Waals surface area contributed by atoms with Crippen LogP contribution in [-0.4, -0.2) is 35.8 Å². The highest BCUT2D eigenvalue weighted by Crippen LogP contribution is 2.29. The summed E-state index contributed by atoms with van der Waals surface area (Å²) in [7, 11) is 0. The van der Waals surface area contributed by atoms with Gasteiger partial charge in [0.15, 0.2) is 0 Å². The maximum absolute atomic E-state index is 11.8. The van der Waals surface area contributed by atoms with E-state index in [1.54, 1.807) is 4.90 Å². The first-order valence-electron chi connectivity index (χ1n) is 6.19. The lowest BCUT2D eigenvalue weighted by Crippen LogP contribution is -2.32. The van der Waals surface area contributed by atoms with Crippen LogP contribution >= 0.6 is 0 Å². The Morgan fingerprint density at radius 1 is 1.44 bits per heavy atom. The number of aliphatic hydroxyl groups excluding tert-OH is 1. The summed E-state index contributed by atoms with van der Waals surface area (Å²) < 4.78 is 5.26. The van der Waals surface area contributed by atoms with Gasteiger partial charge in [-0.15, -0.1) is 0 Å². The molecule has 4 nitrogen and oxygen atoms in total. The number of carbonyl (C=O) groups is 1. The molecule has 0 aromatic heterocycles. The number of aliphatic hydroxyl groups is 1. The van der Waals surface area contributed by atoms with E-state index in [1.807, 2.05) is 37.3 Å². The summed E-state index contributed by atoms with van der Waals surface area (Å²) in [5, 5.41) is 9.25. The monoisotopic (exact) mass is 249 g/mol. The third-order valence-corrected chi connectivity index (χ3v) is 3.40. The third kappa shape index (κ3) is 3.01. The first-order valence-corrected chi connectivity index (χ1v) is 6.19. The van der Waals surface area contributed by atoms with Crippen LogP contribution in [0.5, 0.6) is 0 Å². The van der Waals surface area contributed by atoms with Crippen LogP contribution in [0.2, 0.25) is 0 Å². The van der Waals surface area contributed by atoms with Crippen LogP contribution in [-0.2, 0) is 11.3 Å². The maximum Gasteiger partial charge on any atom is 0.410 e. The van der Waals surface area contributed by atoms with E-state index < -0.39 is 0 Å². The second-order valence-corrected chi connectivity index (χ2v) is 5.18. The molecule has 0 saturated carbocycles. The molecule has 0 spiro atoms. The Labute approximate surface area is 107 Å². The SMILES string of the molecule is CC1(CO)CCN(C(=O)OCc2ccccc2)C1. The first-order chi connectivity index (χ1) is 8.63. The van der Waals surface area contributed by atoms with Gasteiger partial charge in [-0.05, 0) is 12.0 Å². The Bertz CT molecular complexity index is 407. The third-order valence-electron chi connectivity index (χ3n) is 3.40. The maximum atomic E-state index is 11.8. The van der Waals surface area contributed by atoms with Crippen LogP contribution in [0.25, 0.3) is 0 Å². The van der Waals surface area contributed by atoms with Gasteiger partial charge >= 0.3 is 6.09 Å². The van der Waals surface area contributed by atoms with Gasteiger partial charge in [-0.2, -0.15) is 0 Å². The zero-order chi connectivity index (χ0) is 13.0. The molecule has 18 heavy (non-hydrogen) atoms. The highest BCUT2D eigenvalue weighted by Gasteiger charge is 2.36. The largest absolute Gasteiger partial charge is 0.445 e.